The first-order chi connectivity index (χ1) is 9.13. The molecule has 0 saturated carbocycles. The highest BCUT2D eigenvalue weighted by molar-refractivity contribution is 7.12. The molecule has 1 aliphatic rings. The van der Waals surface area contributed by atoms with Gasteiger partial charge in [0.05, 0.1) is 4.88 Å². The molecule has 3 heteroatoms. The molecule has 1 aromatic heterocycles. The zero-order valence-electron chi connectivity index (χ0n) is 11.4. The van der Waals surface area contributed by atoms with E-state index in [0.29, 0.717) is 13.1 Å². The van der Waals surface area contributed by atoms with E-state index in [2.05, 4.69) is 25.0 Å². The third-order valence-electron chi connectivity index (χ3n) is 3.96. The summed E-state index contributed by atoms with van der Waals surface area (Å²) in [5.41, 5.74) is 5.25. The highest BCUT2D eigenvalue weighted by Crippen LogP contribution is 2.19. The van der Waals surface area contributed by atoms with Gasteiger partial charge in [-0.15, -0.1) is 11.3 Å². The lowest BCUT2D eigenvalue weighted by Crippen LogP contribution is -2.23. The Kier molecular flexibility index (Phi) is 3.32. The van der Waals surface area contributed by atoms with E-state index in [1.807, 2.05) is 18.4 Å². The van der Waals surface area contributed by atoms with Crippen molar-refractivity contribution in [3.05, 3.63) is 51.2 Å². The first kappa shape index (κ1) is 12.7. The number of hydrogen-bond donors (Lipinski definition) is 0. The molecule has 0 aliphatic carbocycles. The van der Waals surface area contributed by atoms with E-state index in [-0.39, 0.29) is 5.78 Å². The Bertz CT molecular complexity index is 629. The number of benzene rings is 1. The normalized spacial score (nSPS) is 13.7. The lowest BCUT2D eigenvalue weighted by molar-refractivity contribution is 0.0997. The van der Waals surface area contributed by atoms with E-state index in [0.717, 1.165) is 10.4 Å². The number of ketones is 1. The Morgan fingerprint density at radius 3 is 2.95 bits per heavy atom. The van der Waals surface area contributed by atoms with E-state index in [1.165, 1.54) is 29.3 Å². The van der Waals surface area contributed by atoms with Gasteiger partial charge in [-0.1, -0.05) is 42.4 Å². The van der Waals surface area contributed by atoms with Gasteiger partial charge in [-0.05, 0) is 35.9 Å². The van der Waals surface area contributed by atoms with Crippen molar-refractivity contribution in [3.63, 3.8) is 0 Å². The monoisotopic (exact) mass is 268 g/mol. The Morgan fingerprint density at radius 2 is 2.21 bits per heavy atom. The molecule has 0 unspecified atom stereocenters. The average Bonchev–Trinajstić information content (AvgIpc) is 2.97. The first-order valence-electron chi connectivity index (χ1n) is 6.83. The summed E-state index contributed by atoms with van der Waals surface area (Å²) in [4.78, 5) is 13.1. The number of aryl methyl sites for hydroxylation is 2. The third-order valence-corrected chi connectivity index (χ3v) is 5.05. The number of hydrogen-bond acceptors (Lipinski definition) is 2. The highest BCUT2D eigenvalue weighted by atomic mass is 32.1. The van der Waals surface area contributed by atoms with Crippen LogP contribution in [0.3, 0.4) is 0 Å². The fraction of sp³-hybridized carbons (Fsp3) is 0.312. The van der Waals surface area contributed by atoms with Gasteiger partial charge in [-0.2, -0.15) is 0 Å². The fourth-order valence-corrected chi connectivity index (χ4v) is 3.66. The summed E-state index contributed by atoms with van der Waals surface area (Å²) in [7, 11) is 0. The van der Waals surface area contributed by atoms with Crippen molar-refractivity contribution >= 4 is 29.3 Å². The second-order valence-electron chi connectivity index (χ2n) is 5.56. The van der Waals surface area contributed by atoms with Crippen LogP contribution in [-0.4, -0.2) is 12.5 Å². The Hall–Kier alpha value is -1.35. The van der Waals surface area contributed by atoms with Gasteiger partial charge in [0.1, 0.15) is 0 Å². The lowest BCUT2D eigenvalue weighted by atomic mass is 9.48. The van der Waals surface area contributed by atoms with Crippen LogP contribution in [0.4, 0.5) is 0 Å². The zero-order chi connectivity index (χ0) is 13.4. The summed E-state index contributed by atoms with van der Waals surface area (Å²) in [5.74, 6) is 0.240. The molecule has 2 aromatic rings. The van der Waals surface area contributed by atoms with Crippen LogP contribution in [-0.2, 0) is 12.8 Å². The predicted molar refractivity (Wildman–Crippen MR) is 83.3 cm³/mol. The number of carbonyl (C=O) groups excluding carboxylic acids is 1. The second-order valence-corrected chi connectivity index (χ2v) is 6.47. The smallest absolute Gasteiger partial charge is 0.177 e. The zero-order valence-corrected chi connectivity index (χ0v) is 12.2. The maximum absolute atomic E-state index is 12.2. The van der Waals surface area contributed by atoms with Crippen molar-refractivity contribution < 1.29 is 4.79 Å². The van der Waals surface area contributed by atoms with Crippen molar-refractivity contribution in [2.24, 2.45) is 0 Å². The molecule has 1 aliphatic heterocycles. The van der Waals surface area contributed by atoms with Gasteiger partial charge >= 0.3 is 0 Å². The molecule has 96 valence electrons. The maximum Gasteiger partial charge on any atom is 0.177 e. The van der Waals surface area contributed by atoms with E-state index < -0.39 is 0 Å². The summed E-state index contributed by atoms with van der Waals surface area (Å²) >= 11 is 1.55. The molecule has 0 radical (unpaired) electrons. The summed E-state index contributed by atoms with van der Waals surface area (Å²) in [6, 6.07) is 8.56. The SMILES string of the molecule is CB1CCc2ccc(CC(=O)c3cc(C)cs3)cc21. The van der Waals surface area contributed by atoms with Gasteiger partial charge in [-0.25, -0.2) is 0 Å². The highest BCUT2D eigenvalue weighted by Gasteiger charge is 2.21. The van der Waals surface area contributed by atoms with Gasteiger partial charge in [0.2, 0.25) is 0 Å². The third kappa shape index (κ3) is 2.52. The predicted octanol–water partition coefficient (Wildman–Crippen LogP) is 3.37. The summed E-state index contributed by atoms with van der Waals surface area (Å²) < 4.78 is 0. The van der Waals surface area contributed by atoms with E-state index in [4.69, 9.17) is 0 Å². The molecule has 0 spiro atoms. The van der Waals surface area contributed by atoms with Gasteiger partial charge in [0.15, 0.2) is 12.5 Å². The number of Topliss-reactive ketones (excluding diaryl/α,β-unsaturated/α-hetero) is 1. The molecule has 0 saturated heterocycles. The average molecular weight is 268 g/mol. The fourth-order valence-electron chi connectivity index (χ4n) is 2.82. The Balaban J connectivity index is 1.81. The largest absolute Gasteiger partial charge is 0.293 e. The van der Waals surface area contributed by atoms with E-state index in [1.54, 1.807) is 11.3 Å². The van der Waals surface area contributed by atoms with E-state index in [9.17, 15) is 4.79 Å². The van der Waals surface area contributed by atoms with Crippen LogP contribution >= 0.6 is 11.3 Å². The minimum atomic E-state index is 0.240. The Morgan fingerprint density at radius 1 is 1.37 bits per heavy atom. The maximum atomic E-state index is 12.2. The molecular weight excluding hydrogens is 251 g/mol. The molecule has 0 atom stereocenters. The minimum absolute atomic E-state index is 0.240. The van der Waals surface area contributed by atoms with Crippen LogP contribution in [0, 0.1) is 6.92 Å². The molecule has 1 aromatic carbocycles. The molecule has 0 bridgehead atoms. The van der Waals surface area contributed by atoms with Gasteiger partial charge in [0.25, 0.3) is 0 Å². The van der Waals surface area contributed by atoms with Crippen LogP contribution in [0.5, 0.6) is 0 Å². The van der Waals surface area contributed by atoms with Gasteiger partial charge < -0.3 is 0 Å². The van der Waals surface area contributed by atoms with Crippen LogP contribution in [0.2, 0.25) is 13.1 Å². The molecule has 2 heterocycles. The second kappa shape index (κ2) is 4.97. The van der Waals surface area contributed by atoms with E-state index >= 15 is 0 Å². The van der Waals surface area contributed by atoms with Crippen LogP contribution in [0.25, 0.3) is 0 Å². The molecule has 3 rings (SSSR count). The number of fused-ring (bicyclic) bond motifs is 1. The lowest BCUT2D eigenvalue weighted by Gasteiger charge is -2.06. The quantitative estimate of drug-likeness (QED) is 0.616. The topological polar surface area (TPSA) is 17.1 Å². The summed E-state index contributed by atoms with van der Waals surface area (Å²) in [6.45, 7) is 4.96. The van der Waals surface area contributed by atoms with Crippen molar-refractivity contribution in [2.75, 3.05) is 0 Å². The van der Waals surface area contributed by atoms with Crippen LogP contribution in [0.15, 0.2) is 29.6 Å². The van der Waals surface area contributed by atoms with Gasteiger partial charge in [-0.3, -0.25) is 4.79 Å². The number of rotatable bonds is 3. The molecule has 0 fully saturated rings. The van der Waals surface area contributed by atoms with Crippen LogP contribution in [0.1, 0.15) is 26.4 Å². The van der Waals surface area contributed by atoms with Crippen molar-refractivity contribution in [1.82, 2.24) is 0 Å². The Labute approximate surface area is 118 Å². The van der Waals surface area contributed by atoms with Gasteiger partial charge in [0, 0.05) is 6.42 Å². The van der Waals surface area contributed by atoms with Crippen molar-refractivity contribution in [3.8, 4) is 0 Å². The summed E-state index contributed by atoms with van der Waals surface area (Å²) in [5, 5.41) is 2.04. The standard InChI is InChI=1S/C16H17BOS/c1-11-7-16(19-10-11)15(18)9-12-3-4-13-5-6-17(2)14(13)8-12/h3-4,7-8,10H,5-6,9H2,1-2H3. The number of carbonyl (C=O) groups is 1. The van der Waals surface area contributed by atoms with Crippen LogP contribution < -0.4 is 5.46 Å². The number of thiophene rings is 1. The first-order valence-corrected chi connectivity index (χ1v) is 7.71. The minimum Gasteiger partial charge on any atom is -0.293 e. The van der Waals surface area contributed by atoms with Crippen molar-refractivity contribution in [2.45, 2.75) is 32.9 Å². The molecule has 1 nitrogen and oxygen atoms in total. The summed E-state index contributed by atoms with van der Waals surface area (Å²) in [6.07, 6.45) is 2.96. The molecule has 19 heavy (non-hydrogen) atoms. The molecule has 0 N–H and O–H groups in total. The molecule has 0 amide bonds. The van der Waals surface area contributed by atoms with Crippen molar-refractivity contribution in [1.29, 1.82) is 0 Å². The molecular formula is C16H17BOS.